The van der Waals surface area contributed by atoms with Gasteiger partial charge in [-0.3, -0.25) is 11.1 Å². The van der Waals surface area contributed by atoms with E-state index in [0.29, 0.717) is 27.2 Å². The molecule has 2 aromatic rings. The van der Waals surface area contributed by atoms with Crippen LogP contribution >= 0.6 is 34.8 Å². The maximum Gasteiger partial charge on any atom is 0.214 e. The lowest BCUT2D eigenvalue weighted by atomic mass is 9.75. The summed E-state index contributed by atoms with van der Waals surface area (Å²) in [6, 6.07) is 12.7. The van der Waals surface area contributed by atoms with Crippen molar-refractivity contribution in [3.05, 3.63) is 116 Å². The van der Waals surface area contributed by atoms with E-state index in [1.807, 2.05) is 45.0 Å². The van der Waals surface area contributed by atoms with E-state index >= 15 is 0 Å². The van der Waals surface area contributed by atoms with E-state index < -0.39 is 0 Å². The highest BCUT2D eigenvalue weighted by molar-refractivity contribution is 6.44. The number of nitrogens with one attached hydrogen (secondary N) is 1. The second kappa shape index (κ2) is 17.2. The minimum atomic E-state index is -0.355. The molecule has 2 aromatic carbocycles. The van der Waals surface area contributed by atoms with Gasteiger partial charge < -0.3 is 14.4 Å². The van der Waals surface area contributed by atoms with Crippen molar-refractivity contribution in [1.82, 2.24) is 4.90 Å². The van der Waals surface area contributed by atoms with Crippen molar-refractivity contribution in [2.75, 3.05) is 20.4 Å². The van der Waals surface area contributed by atoms with Crippen LogP contribution in [0.15, 0.2) is 90.0 Å². The average Bonchev–Trinajstić information content (AvgIpc) is 3.20. The van der Waals surface area contributed by atoms with Crippen LogP contribution in [0.1, 0.15) is 52.7 Å². The van der Waals surface area contributed by atoms with Gasteiger partial charge in [0, 0.05) is 33.9 Å². The Balaban J connectivity index is 0.000000512. The molecule has 0 amide bonds. The number of nitrogens with two attached hydrogens (primary N) is 1. The molecule has 0 aliphatic carbocycles. The predicted octanol–water partition coefficient (Wildman–Crippen LogP) is 9.40. The third-order valence-corrected chi connectivity index (χ3v) is 7.58. The zero-order valence-corrected chi connectivity index (χ0v) is 26.8. The van der Waals surface area contributed by atoms with Gasteiger partial charge in [-0.05, 0) is 75.6 Å². The number of nitrogens with zero attached hydrogens (tertiary/aromatic N) is 1. The highest BCUT2D eigenvalue weighted by Crippen LogP contribution is 2.53. The molecule has 3 N–H and O–H groups in total. The maximum atomic E-state index is 7.33. The first-order valence-electron chi connectivity index (χ1n) is 13.2. The van der Waals surface area contributed by atoms with Crippen molar-refractivity contribution in [1.29, 1.82) is 5.41 Å². The number of benzene rings is 2. The zero-order valence-electron chi connectivity index (χ0n) is 24.6. The van der Waals surface area contributed by atoms with Crippen molar-refractivity contribution in [3.63, 3.8) is 0 Å². The summed E-state index contributed by atoms with van der Waals surface area (Å²) >= 11 is 19.3. The average molecular weight is 607 g/mol. The van der Waals surface area contributed by atoms with Crippen LogP contribution in [0.4, 0.5) is 0 Å². The number of rotatable bonds is 7. The van der Waals surface area contributed by atoms with Crippen molar-refractivity contribution >= 4 is 40.7 Å². The predicted molar refractivity (Wildman–Crippen MR) is 172 cm³/mol. The van der Waals surface area contributed by atoms with Gasteiger partial charge in [0.15, 0.2) is 0 Å². The topological polar surface area (TPSA) is 71.6 Å². The molecule has 0 saturated carbocycles. The molecule has 40 heavy (non-hydrogen) atoms. The van der Waals surface area contributed by atoms with Gasteiger partial charge >= 0.3 is 0 Å². The fourth-order valence-corrected chi connectivity index (χ4v) is 5.28. The molecule has 5 nitrogen and oxygen atoms in total. The van der Waals surface area contributed by atoms with Gasteiger partial charge in [-0.15, -0.1) is 0 Å². The SMILES string of the molecule is C=C(/C=C1\C(=C/C)N(CC)/C(=C\C)C1(C)Cc1c(Cl)ccc(Cl)c1Cl)OC.CC.N=C(OCN)c1ccccc1. The Morgan fingerprint density at radius 3 is 2.15 bits per heavy atom. The van der Waals surface area contributed by atoms with Crippen molar-refractivity contribution in [2.24, 2.45) is 11.1 Å². The molecule has 1 unspecified atom stereocenters. The molecule has 1 aliphatic heterocycles. The number of hydrogen-bond donors (Lipinski definition) is 2. The van der Waals surface area contributed by atoms with Crippen LogP contribution in [0, 0.1) is 10.8 Å². The molecule has 0 spiro atoms. The van der Waals surface area contributed by atoms with Gasteiger partial charge in [0.2, 0.25) is 5.90 Å². The van der Waals surface area contributed by atoms with E-state index in [9.17, 15) is 0 Å². The Kier molecular flexibility index (Phi) is 15.2. The standard InChI is InChI=1S/C22H26Cl3NO.C8H10N2O.C2H6/c1-7-19-16(12-14(4)27-6)22(5,20(8-2)26(19)9-3)13-15-17(23)10-11-18(24)21(15)25;9-6-11-8(10)7-4-2-1-3-5-7;1-2/h7-8,10-12H,4,9,13H2,1-3,5-6H3;1-5,10H,6,9H2;1-2H3/b16-12+,19-7+,20-8-;;. The Bertz CT molecular complexity index is 1240. The molecule has 3 rings (SSSR count). The number of allylic oxidation sites excluding steroid dienone is 5. The van der Waals surface area contributed by atoms with Crippen LogP contribution in [-0.2, 0) is 15.9 Å². The lowest BCUT2D eigenvalue weighted by Crippen LogP contribution is -2.25. The number of ether oxygens (including phenoxy) is 2. The highest BCUT2D eigenvalue weighted by atomic mass is 35.5. The number of methoxy groups -OCH3 is 1. The molecule has 1 aliphatic rings. The fraction of sp³-hybridized carbons (Fsp3) is 0.344. The Morgan fingerprint density at radius 2 is 1.65 bits per heavy atom. The van der Waals surface area contributed by atoms with Crippen LogP contribution in [0.25, 0.3) is 0 Å². The van der Waals surface area contributed by atoms with E-state index in [0.717, 1.165) is 28.9 Å². The van der Waals surface area contributed by atoms with Crippen LogP contribution in [0.2, 0.25) is 15.1 Å². The summed E-state index contributed by atoms with van der Waals surface area (Å²) in [4.78, 5) is 2.31. The van der Waals surface area contributed by atoms with E-state index in [4.69, 9.17) is 55.4 Å². The van der Waals surface area contributed by atoms with Crippen LogP contribution < -0.4 is 5.73 Å². The minimum Gasteiger partial charge on any atom is -0.497 e. The summed E-state index contributed by atoms with van der Waals surface area (Å²) in [5.41, 5.74) is 9.80. The molecule has 1 fully saturated rings. The molecule has 0 radical (unpaired) electrons. The molecular weight excluding hydrogens is 565 g/mol. The third kappa shape index (κ3) is 8.40. The zero-order chi connectivity index (χ0) is 30.5. The molecule has 0 bridgehead atoms. The molecular formula is C32H42Cl3N3O2. The van der Waals surface area contributed by atoms with E-state index in [-0.39, 0.29) is 18.0 Å². The normalized spacial score (nSPS) is 19.1. The summed E-state index contributed by atoms with van der Waals surface area (Å²) in [5, 5.41) is 8.95. The van der Waals surface area contributed by atoms with Crippen molar-refractivity contribution < 1.29 is 9.47 Å². The van der Waals surface area contributed by atoms with E-state index in [1.165, 1.54) is 5.70 Å². The summed E-state index contributed by atoms with van der Waals surface area (Å²) in [7, 11) is 1.62. The second-order valence-electron chi connectivity index (χ2n) is 8.66. The highest BCUT2D eigenvalue weighted by Gasteiger charge is 2.45. The minimum absolute atomic E-state index is 0.0493. The third-order valence-electron chi connectivity index (χ3n) is 6.38. The smallest absolute Gasteiger partial charge is 0.214 e. The summed E-state index contributed by atoms with van der Waals surface area (Å²) in [6.45, 7) is 17.3. The van der Waals surface area contributed by atoms with Crippen molar-refractivity contribution in [3.8, 4) is 0 Å². The first-order valence-corrected chi connectivity index (χ1v) is 14.4. The first-order chi connectivity index (χ1) is 19.1. The Labute approximate surface area is 255 Å². The van der Waals surface area contributed by atoms with E-state index in [1.54, 1.807) is 31.4 Å². The monoisotopic (exact) mass is 605 g/mol. The maximum absolute atomic E-state index is 7.33. The molecule has 0 aromatic heterocycles. The quantitative estimate of drug-likeness (QED) is 0.108. The lowest BCUT2D eigenvalue weighted by molar-refractivity contribution is 0.307. The first kappa shape index (κ1) is 35.3. The van der Waals surface area contributed by atoms with Gasteiger partial charge in [-0.25, -0.2) is 0 Å². The van der Waals surface area contributed by atoms with Crippen LogP contribution in [0.3, 0.4) is 0 Å². The summed E-state index contributed by atoms with van der Waals surface area (Å²) in [5.74, 6) is 0.723. The summed E-state index contributed by atoms with van der Waals surface area (Å²) < 4.78 is 10.1. The largest absolute Gasteiger partial charge is 0.497 e. The van der Waals surface area contributed by atoms with Crippen LogP contribution in [-0.4, -0.2) is 31.2 Å². The number of likely N-dealkylation sites (tertiary alicyclic amines) is 1. The fourth-order valence-electron chi connectivity index (χ4n) is 4.60. The van der Waals surface area contributed by atoms with Gasteiger partial charge in [0.1, 0.15) is 12.5 Å². The Morgan fingerprint density at radius 1 is 1.05 bits per heavy atom. The van der Waals surface area contributed by atoms with Crippen molar-refractivity contribution in [2.45, 2.75) is 48.0 Å². The van der Waals surface area contributed by atoms with Crippen LogP contribution in [0.5, 0.6) is 0 Å². The lowest BCUT2D eigenvalue weighted by Gasteiger charge is -2.30. The van der Waals surface area contributed by atoms with Gasteiger partial charge in [-0.2, -0.15) is 0 Å². The number of hydrogen-bond acceptors (Lipinski definition) is 5. The molecule has 1 heterocycles. The van der Waals surface area contributed by atoms with Gasteiger partial charge in [-0.1, -0.05) is 85.6 Å². The van der Waals surface area contributed by atoms with Gasteiger partial charge in [0.25, 0.3) is 0 Å². The molecule has 1 saturated heterocycles. The number of likely N-dealkylation sites (N-methyl/N-ethyl adjacent to an activating group) is 1. The molecule has 218 valence electrons. The van der Waals surface area contributed by atoms with Gasteiger partial charge in [0.05, 0.1) is 17.2 Å². The summed E-state index contributed by atoms with van der Waals surface area (Å²) in [6.07, 6.45) is 6.88. The number of halogens is 3. The van der Waals surface area contributed by atoms with E-state index in [2.05, 4.69) is 44.4 Å². The molecule has 8 heteroatoms. The molecule has 1 atom stereocenters. The second-order valence-corrected chi connectivity index (χ2v) is 9.85. The Hall–Kier alpha value is -2.70.